The van der Waals surface area contributed by atoms with Gasteiger partial charge < -0.3 is 16.0 Å². The number of halogens is 3. The zero-order valence-corrected chi connectivity index (χ0v) is 20.3. The van der Waals surface area contributed by atoms with Crippen LogP contribution >= 0.6 is 47.0 Å². The second-order valence-electron chi connectivity index (χ2n) is 7.21. The van der Waals surface area contributed by atoms with Crippen LogP contribution < -0.4 is 16.0 Å². The second-order valence-corrected chi connectivity index (χ2v) is 9.98. The van der Waals surface area contributed by atoms with Crippen molar-refractivity contribution < 1.29 is 4.79 Å². The highest BCUT2D eigenvalue weighted by atomic mass is 35.6. The summed E-state index contributed by atoms with van der Waals surface area (Å²) in [6.07, 6.45) is -1.07. The van der Waals surface area contributed by atoms with Gasteiger partial charge in [0.1, 0.15) is 6.17 Å². The van der Waals surface area contributed by atoms with E-state index in [4.69, 9.17) is 47.0 Å². The third kappa shape index (κ3) is 6.84. The molecule has 0 heterocycles. The van der Waals surface area contributed by atoms with E-state index in [1.54, 1.807) is 0 Å². The number of thiocarbonyl (C=S) groups is 1. The number of benzene rings is 3. The molecular formula is C24H22Cl3N3OS. The Morgan fingerprint density at radius 3 is 1.91 bits per heavy atom. The molecule has 0 aliphatic carbocycles. The molecule has 0 aliphatic rings. The Morgan fingerprint density at radius 2 is 1.41 bits per heavy atom. The number of rotatable bonds is 6. The zero-order chi connectivity index (χ0) is 23.1. The molecule has 3 aromatic rings. The Balaban J connectivity index is 1.80. The minimum absolute atomic E-state index is 0.211. The van der Waals surface area contributed by atoms with Crippen LogP contribution in [0.2, 0.25) is 0 Å². The summed E-state index contributed by atoms with van der Waals surface area (Å²) in [5.74, 6) is -0.920. The average Bonchev–Trinajstić information content (AvgIpc) is 2.74. The predicted octanol–water partition coefficient (Wildman–Crippen LogP) is 5.93. The molecule has 3 N–H and O–H groups in total. The van der Waals surface area contributed by atoms with Crippen molar-refractivity contribution in [1.29, 1.82) is 0 Å². The Labute approximate surface area is 208 Å². The van der Waals surface area contributed by atoms with Crippen LogP contribution in [-0.2, 0) is 4.79 Å². The fraction of sp³-hybridized carbons (Fsp3) is 0.167. The first kappa shape index (κ1) is 24.3. The van der Waals surface area contributed by atoms with Gasteiger partial charge in [0.2, 0.25) is 9.70 Å². The van der Waals surface area contributed by atoms with Gasteiger partial charge in [-0.05, 0) is 48.0 Å². The van der Waals surface area contributed by atoms with Gasteiger partial charge in [0.15, 0.2) is 5.11 Å². The maximum Gasteiger partial charge on any atom is 0.233 e. The van der Waals surface area contributed by atoms with Crippen molar-refractivity contribution in [2.75, 3.05) is 5.32 Å². The van der Waals surface area contributed by atoms with Crippen LogP contribution in [0.4, 0.5) is 5.69 Å². The SMILES string of the molecule is Cc1cccc(NC(=S)N[C@H](NC(=O)C(c2ccccc2)c2ccccc2)C(Cl)(Cl)Cl)c1. The zero-order valence-electron chi connectivity index (χ0n) is 17.2. The second kappa shape index (κ2) is 11.0. The lowest BCUT2D eigenvalue weighted by atomic mass is 9.90. The number of amides is 1. The molecule has 0 unspecified atom stereocenters. The molecule has 0 aliphatic heterocycles. The molecule has 0 fully saturated rings. The van der Waals surface area contributed by atoms with Crippen molar-refractivity contribution in [3.8, 4) is 0 Å². The summed E-state index contributed by atoms with van der Waals surface area (Å²) in [5, 5.41) is 8.97. The minimum atomic E-state index is -1.86. The number of nitrogens with one attached hydrogen (secondary N) is 3. The van der Waals surface area contributed by atoms with Gasteiger partial charge in [-0.3, -0.25) is 4.79 Å². The van der Waals surface area contributed by atoms with Gasteiger partial charge in [-0.2, -0.15) is 0 Å². The Hall–Kier alpha value is -2.31. The molecule has 0 radical (unpaired) electrons. The topological polar surface area (TPSA) is 53.2 Å². The van der Waals surface area contributed by atoms with E-state index < -0.39 is 15.9 Å². The summed E-state index contributed by atoms with van der Waals surface area (Å²) in [5.41, 5.74) is 3.49. The molecule has 166 valence electrons. The molecule has 8 heteroatoms. The lowest BCUT2D eigenvalue weighted by Gasteiger charge is -2.29. The number of hydrogen-bond acceptors (Lipinski definition) is 2. The summed E-state index contributed by atoms with van der Waals surface area (Å²) in [6, 6.07) is 26.5. The van der Waals surface area contributed by atoms with Gasteiger partial charge >= 0.3 is 0 Å². The first-order chi connectivity index (χ1) is 15.2. The van der Waals surface area contributed by atoms with Crippen molar-refractivity contribution in [1.82, 2.24) is 10.6 Å². The van der Waals surface area contributed by atoms with Gasteiger partial charge in [0.05, 0.1) is 5.92 Å². The molecule has 32 heavy (non-hydrogen) atoms. The molecule has 3 aromatic carbocycles. The number of alkyl halides is 3. The highest BCUT2D eigenvalue weighted by Crippen LogP contribution is 2.31. The third-order valence-electron chi connectivity index (χ3n) is 4.69. The van der Waals surface area contributed by atoms with E-state index in [-0.39, 0.29) is 11.0 Å². The smallest absolute Gasteiger partial charge is 0.233 e. The first-order valence-corrected chi connectivity index (χ1v) is 11.4. The molecular weight excluding hydrogens is 485 g/mol. The van der Waals surface area contributed by atoms with Gasteiger partial charge in [0, 0.05) is 5.69 Å². The van der Waals surface area contributed by atoms with Crippen molar-refractivity contribution in [3.05, 3.63) is 102 Å². The van der Waals surface area contributed by atoms with Crippen molar-refractivity contribution in [3.63, 3.8) is 0 Å². The Kier molecular flexibility index (Phi) is 8.38. The molecule has 1 amide bonds. The Bertz CT molecular complexity index is 1020. The number of carbonyl (C=O) groups excluding carboxylic acids is 1. The summed E-state index contributed by atoms with van der Waals surface area (Å²) >= 11 is 23.9. The molecule has 0 spiro atoms. The van der Waals surface area contributed by atoms with E-state index in [2.05, 4.69) is 16.0 Å². The summed E-state index contributed by atoms with van der Waals surface area (Å²) in [7, 11) is 0. The molecule has 0 saturated carbocycles. The van der Waals surface area contributed by atoms with E-state index in [1.807, 2.05) is 91.9 Å². The predicted molar refractivity (Wildman–Crippen MR) is 137 cm³/mol. The highest BCUT2D eigenvalue weighted by molar-refractivity contribution is 7.80. The summed E-state index contributed by atoms with van der Waals surface area (Å²) in [6.45, 7) is 1.97. The van der Waals surface area contributed by atoms with Crippen molar-refractivity contribution in [2.45, 2.75) is 22.8 Å². The van der Waals surface area contributed by atoms with Gasteiger partial charge in [0.25, 0.3) is 0 Å². The third-order valence-corrected chi connectivity index (χ3v) is 5.57. The van der Waals surface area contributed by atoms with Gasteiger partial charge in [-0.1, -0.05) is 108 Å². The maximum absolute atomic E-state index is 13.4. The van der Waals surface area contributed by atoms with Crippen LogP contribution in [-0.4, -0.2) is 21.0 Å². The van der Waals surface area contributed by atoms with Crippen LogP contribution in [0.25, 0.3) is 0 Å². The normalized spacial score (nSPS) is 12.2. The fourth-order valence-electron chi connectivity index (χ4n) is 3.23. The van der Waals surface area contributed by atoms with E-state index >= 15 is 0 Å². The van der Waals surface area contributed by atoms with E-state index in [0.717, 1.165) is 22.4 Å². The van der Waals surface area contributed by atoms with Crippen molar-refractivity contribution in [2.24, 2.45) is 0 Å². The molecule has 0 aromatic heterocycles. The summed E-state index contributed by atoms with van der Waals surface area (Å²) in [4.78, 5) is 13.4. The highest BCUT2D eigenvalue weighted by Gasteiger charge is 2.36. The minimum Gasteiger partial charge on any atom is -0.339 e. The van der Waals surface area contributed by atoms with E-state index in [1.165, 1.54) is 0 Å². The first-order valence-electron chi connectivity index (χ1n) is 9.85. The number of aryl methyl sites for hydroxylation is 1. The number of hydrogen-bond donors (Lipinski definition) is 3. The quantitative estimate of drug-likeness (QED) is 0.220. The van der Waals surface area contributed by atoms with Crippen molar-refractivity contribution >= 4 is 63.7 Å². The average molecular weight is 507 g/mol. The van der Waals surface area contributed by atoms with E-state index in [9.17, 15) is 4.79 Å². The van der Waals surface area contributed by atoms with Crippen LogP contribution in [0.15, 0.2) is 84.9 Å². The molecule has 0 bridgehead atoms. The molecule has 4 nitrogen and oxygen atoms in total. The monoisotopic (exact) mass is 505 g/mol. The van der Waals surface area contributed by atoms with Crippen LogP contribution in [0.3, 0.4) is 0 Å². The van der Waals surface area contributed by atoms with Gasteiger partial charge in [-0.15, -0.1) is 0 Å². The van der Waals surface area contributed by atoms with Gasteiger partial charge in [-0.25, -0.2) is 0 Å². The number of anilines is 1. The van der Waals surface area contributed by atoms with E-state index in [0.29, 0.717) is 0 Å². The fourth-order valence-corrected chi connectivity index (χ4v) is 3.80. The molecule has 0 saturated heterocycles. The summed E-state index contributed by atoms with van der Waals surface area (Å²) < 4.78 is -1.86. The largest absolute Gasteiger partial charge is 0.339 e. The van der Waals surface area contributed by atoms with Crippen LogP contribution in [0.5, 0.6) is 0 Å². The standard InChI is InChI=1S/C24H22Cl3N3OS/c1-16-9-8-14-19(15-16)28-23(32)30-22(24(25,26)27)29-21(31)20(17-10-4-2-5-11-17)18-12-6-3-7-13-18/h2-15,20,22H,1H3,(H,29,31)(H2,28,30,32)/t22-/m0/s1. The molecule has 3 rings (SSSR count). The lowest BCUT2D eigenvalue weighted by Crippen LogP contribution is -2.57. The van der Waals surface area contributed by atoms with Crippen LogP contribution in [0, 0.1) is 6.92 Å². The Morgan fingerprint density at radius 1 is 0.844 bits per heavy atom. The maximum atomic E-state index is 13.4. The lowest BCUT2D eigenvalue weighted by molar-refractivity contribution is -0.122. The van der Waals surface area contributed by atoms with Crippen LogP contribution in [0.1, 0.15) is 22.6 Å². The number of carbonyl (C=O) groups is 1. The molecule has 1 atom stereocenters.